The predicted octanol–water partition coefficient (Wildman–Crippen LogP) is 2.80. The quantitative estimate of drug-likeness (QED) is 0.944. The highest BCUT2D eigenvalue weighted by Crippen LogP contribution is 2.29. The number of nitrogens with zero attached hydrogens (tertiary/aromatic N) is 2. The maximum absolute atomic E-state index is 12.4. The number of rotatable bonds is 4. The van der Waals surface area contributed by atoms with Gasteiger partial charge in [0.2, 0.25) is 0 Å². The third kappa shape index (κ3) is 3.23. The van der Waals surface area contributed by atoms with Crippen molar-refractivity contribution in [3.05, 3.63) is 46.8 Å². The van der Waals surface area contributed by atoms with Gasteiger partial charge in [-0.3, -0.25) is 9.48 Å². The number of ether oxygens (including phenoxy) is 1. The summed E-state index contributed by atoms with van der Waals surface area (Å²) in [5, 5.41) is 7.35. The molecule has 1 N–H and O–H groups in total. The Hall–Kier alpha value is -2.30. The van der Waals surface area contributed by atoms with E-state index in [-0.39, 0.29) is 12.0 Å². The van der Waals surface area contributed by atoms with Gasteiger partial charge in [-0.15, -0.1) is 0 Å². The van der Waals surface area contributed by atoms with Crippen LogP contribution in [-0.2, 0) is 20.0 Å². The second-order valence-corrected chi connectivity index (χ2v) is 6.49. The number of amides is 1. The van der Waals surface area contributed by atoms with Gasteiger partial charge in [0.05, 0.1) is 5.69 Å². The molecule has 1 atom stereocenters. The molecular weight excluding hydrogens is 290 g/mol. The summed E-state index contributed by atoms with van der Waals surface area (Å²) in [6, 6.07) is 7.96. The first-order chi connectivity index (χ1) is 10.9. The highest BCUT2D eigenvalue weighted by atomic mass is 16.5. The lowest BCUT2D eigenvalue weighted by Crippen LogP contribution is -2.25. The first-order valence-electron chi connectivity index (χ1n) is 8.04. The Morgan fingerprint density at radius 3 is 2.91 bits per heavy atom. The van der Waals surface area contributed by atoms with Crippen LogP contribution in [0.2, 0.25) is 0 Å². The number of carbonyl (C=O) groups is 1. The van der Waals surface area contributed by atoms with E-state index in [1.807, 2.05) is 18.2 Å². The van der Waals surface area contributed by atoms with E-state index < -0.39 is 0 Å². The van der Waals surface area contributed by atoms with Gasteiger partial charge in [-0.05, 0) is 36.1 Å². The Morgan fingerprint density at radius 1 is 1.43 bits per heavy atom. The zero-order valence-electron chi connectivity index (χ0n) is 14.1. The molecule has 0 unspecified atom stereocenters. The first-order valence-corrected chi connectivity index (χ1v) is 8.04. The average molecular weight is 313 g/mol. The molecule has 0 spiro atoms. The molecular formula is C18H23N3O2. The minimum atomic E-state index is -0.1000. The molecule has 0 bridgehead atoms. The second-order valence-electron chi connectivity index (χ2n) is 6.49. The van der Waals surface area contributed by atoms with Crippen LogP contribution < -0.4 is 10.1 Å². The topological polar surface area (TPSA) is 56.1 Å². The zero-order chi connectivity index (χ0) is 16.6. The summed E-state index contributed by atoms with van der Waals surface area (Å²) >= 11 is 0. The summed E-state index contributed by atoms with van der Waals surface area (Å²) < 4.78 is 7.34. The molecule has 1 aliphatic heterocycles. The van der Waals surface area contributed by atoms with Crippen LogP contribution in [0.4, 0.5) is 0 Å². The lowest BCUT2D eigenvalue weighted by atomic mass is 10.1. The monoisotopic (exact) mass is 313 g/mol. The Bertz CT molecular complexity index is 734. The maximum Gasteiger partial charge on any atom is 0.269 e. The predicted molar refractivity (Wildman–Crippen MR) is 88.7 cm³/mol. The van der Waals surface area contributed by atoms with E-state index in [4.69, 9.17) is 4.74 Å². The van der Waals surface area contributed by atoms with Crippen LogP contribution in [0.15, 0.2) is 24.3 Å². The van der Waals surface area contributed by atoms with E-state index in [1.165, 1.54) is 5.56 Å². The summed E-state index contributed by atoms with van der Waals surface area (Å²) in [6.45, 7) is 6.70. The Labute approximate surface area is 136 Å². The van der Waals surface area contributed by atoms with Crippen LogP contribution in [0.5, 0.6) is 5.75 Å². The number of aromatic nitrogens is 2. The van der Waals surface area contributed by atoms with Crippen molar-refractivity contribution in [3.8, 4) is 5.75 Å². The van der Waals surface area contributed by atoms with Crippen molar-refractivity contribution in [2.24, 2.45) is 7.05 Å². The molecule has 0 aliphatic carbocycles. The SMILES string of the molecule is CC(C)c1cc(C(=O)NCc2ccc3c(c2)C[C@@H](C)O3)n(C)n1. The average Bonchev–Trinajstić information content (AvgIpc) is 3.06. The fourth-order valence-corrected chi connectivity index (χ4v) is 2.84. The number of aryl methyl sites for hydroxylation is 1. The number of hydrogen-bond donors (Lipinski definition) is 1. The van der Waals surface area contributed by atoms with Gasteiger partial charge < -0.3 is 10.1 Å². The normalized spacial score (nSPS) is 16.3. The molecule has 0 saturated carbocycles. The van der Waals surface area contributed by atoms with E-state index >= 15 is 0 Å². The minimum absolute atomic E-state index is 0.1000. The molecule has 1 aromatic carbocycles. The van der Waals surface area contributed by atoms with E-state index in [0.29, 0.717) is 18.2 Å². The largest absolute Gasteiger partial charge is 0.490 e. The van der Waals surface area contributed by atoms with Crippen LogP contribution in [0.3, 0.4) is 0 Å². The van der Waals surface area contributed by atoms with E-state index in [2.05, 4.69) is 37.3 Å². The summed E-state index contributed by atoms with van der Waals surface area (Å²) in [5.41, 5.74) is 3.82. The second kappa shape index (κ2) is 6.07. The number of benzene rings is 1. The smallest absolute Gasteiger partial charge is 0.269 e. The number of fused-ring (bicyclic) bond motifs is 1. The molecule has 1 aliphatic rings. The van der Waals surface area contributed by atoms with Crippen molar-refractivity contribution in [2.45, 2.75) is 45.8 Å². The fourth-order valence-electron chi connectivity index (χ4n) is 2.84. The van der Waals surface area contributed by atoms with Gasteiger partial charge in [0.1, 0.15) is 17.5 Å². The highest BCUT2D eigenvalue weighted by Gasteiger charge is 2.19. The van der Waals surface area contributed by atoms with Crippen LogP contribution in [-0.4, -0.2) is 21.8 Å². The summed E-state index contributed by atoms with van der Waals surface area (Å²) in [5.74, 6) is 1.17. The van der Waals surface area contributed by atoms with Crippen molar-refractivity contribution in [1.29, 1.82) is 0 Å². The van der Waals surface area contributed by atoms with Crippen molar-refractivity contribution >= 4 is 5.91 Å². The molecule has 1 aromatic heterocycles. The molecule has 122 valence electrons. The molecule has 5 nitrogen and oxygen atoms in total. The number of nitrogens with one attached hydrogen (secondary N) is 1. The van der Waals surface area contributed by atoms with Gasteiger partial charge in [0.25, 0.3) is 5.91 Å². The Kier molecular flexibility index (Phi) is 4.11. The van der Waals surface area contributed by atoms with E-state index in [1.54, 1.807) is 11.7 Å². The zero-order valence-corrected chi connectivity index (χ0v) is 14.1. The van der Waals surface area contributed by atoms with Gasteiger partial charge in [0.15, 0.2) is 0 Å². The Morgan fingerprint density at radius 2 is 2.22 bits per heavy atom. The standard InChI is InChI=1S/C18H23N3O2/c1-11(2)15-9-16(21(4)20-15)18(22)19-10-13-5-6-17-14(8-13)7-12(3)23-17/h5-6,8-9,11-12H,7,10H2,1-4H3,(H,19,22)/t12-/m1/s1. The Balaban J connectivity index is 1.67. The summed E-state index contributed by atoms with van der Waals surface area (Å²) in [6.07, 6.45) is 1.16. The third-order valence-electron chi connectivity index (χ3n) is 4.14. The number of carbonyl (C=O) groups excluding carboxylic acids is 1. The molecule has 2 aromatic rings. The van der Waals surface area contributed by atoms with Gasteiger partial charge >= 0.3 is 0 Å². The van der Waals surface area contributed by atoms with Crippen molar-refractivity contribution < 1.29 is 9.53 Å². The highest BCUT2D eigenvalue weighted by molar-refractivity contribution is 5.92. The first kappa shape index (κ1) is 15.6. The van der Waals surface area contributed by atoms with E-state index in [0.717, 1.165) is 23.4 Å². The molecule has 3 rings (SSSR count). The van der Waals surface area contributed by atoms with Gasteiger partial charge in [-0.25, -0.2) is 0 Å². The van der Waals surface area contributed by atoms with Gasteiger partial charge in [-0.2, -0.15) is 5.10 Å². The molecule has 23 heavy (non-hydrogen) atoms. The lowest BCUT2D eigenvalue weighted by molar-refractivity contribution is 0.0941. The molecule has 0 radical (unpaired) electrons. The third-order valence-corrected chi connectivity index (χ3v) is 4.14. The van der Waals surface area contributed by atoms with Crippen molar-refractivity contribution in [1.82, 2.24) is 15.1 Å². The molecule has 0 fully saturated rings. The molecule has 2 heterocycles. The lowest BCUT2D eigenvalue weighted by Gasteiger charge is -2.07. The van der Waals surface area contributed by atoms with Crippen LogP contribution >= 0.6 is 0 Å². The molecule has 1 amide bonds. The van der Waals surface area contributed by atoms with E-state index in [9.17, 15) is 4.79 Å². The fraction of sp³-hybridized carbons (Fsp3) is 0.444. The van der Waals surface area contributed by atoms with Crippen LogP contribution in [0.1, 0.15) is 54.0 Å². The molecule has 0 saturated heterocycles. The number of hydrogen-bond acceptors (Lipinski definition) is 3. The van der Waals surface area contributed by atoms with Crippen LogP contribution in [0.25, 0.3) is 0 Å². The molecule has 5 heteroatoms. The van der Waals surface area contributed by atoms with Gasteiger partial charge in [-0.1, -0.05) is 26.0 Å². The maximum atomic E-state index is 12.4. The summed E-state index contributed by atoms with van der Waals surface area (Å²) in [4.78, 5) is 12.4. The van der Waals surface area contributed by atoms with Crippen LogP contribution in [0, 0.1) is 0 Å². The van der Waals surface area contributed by atoms with Crippen molar-refractivity contribution in [3.63, 3.8) is 0 Å². The van der Waals surface area contributed by atoms with Crippen molar-refractivity contribution in [2.75, 3.05) is 0 Å². The summed E-state index contributed by atoms with van der Waals surface area (Å²) in [7, 11) is 1.80. The minimum Gasteiger partial charge on any atom is -0.490 e. The van der Waals surface area contributed by atoms with Gasteiger partial charge in [0, 0.05) is 20.0 Å².